The van der Waals surface area contributed by atoms with Gasteiger partial charge in [0.05, 0.1) is 6.04 Å². The van der Waals surface area contributed by atoms with Crippen LogP contribution in [0, 0.1) is 0 Å². The molecular formula is C13H16N2S. The maximum absolute atomic E-state index is 4.40. The van der Waals surface area contributed by atoms with Crippen LogP contribution < -0.4 is 5.32 Å². The normalized spacial score (nSPS) is 12.6. The summed E-state index contributed by atoms with van der Waals surface area (Å²) in [7, 11) is 0. The van der Waals surface area contributed by atoms with Crippen LogP contribution in [0.4, 0.5) is 0 Å². The first-order valence-corrected chi connectivity index (χ1v) is 6.47. The number of nitrogens with zero attached hydrogens (tertiary/aromatic N) is 1. The highest BCUT2D eigenvalue weighted by atomic mass is 32.1. The Hall–Kier alpha value is -1.19. The number of rotatable bonds is 5. The predicted molar refractivity (Wildman–Crippen MR) is 68.7 cm³/mol. The van der Waals surface area contributed by atoms with Crippen LogP contribution in [0.25, 0.3) is 0 Å². The molecule has 0 spiro atoms. The molecule has 1 aromatic heterocycles. The lowest BCUT2D eigenvalue weighted by Gasteiger charge is -2.16. The average Bonchev–Trinajstić information content (AvgIpc) is 2.85. The summed E-state index contributed by atoms with van der Waals surface area (Å²) in [6.45, 7) is 3.19. The Morgan fingerprint density at radius 1 is 1.31 bits per heavy atom. The Bertz CT molecular complexity index is 397. The highest BCUT2D eigenvalue weighted by Crippen LogP contribution is 2.23. The highest BCUT2D eigenvalue weighted by molar-refractivity contribution is 7.09. The number of benzene rings is 1. The zero-order valence-corrected chi connectivity index (χ0v) is 10.2. The number of hydrogen-bond donors (Lipinski definition) is 1. The van der Waals surface area contributed by atoms with Gasteiger partial charge in [-0.05, 0) is 18.5 Å². The minimum absolute atomic E-state index is 0.237. The van der Waals surface area contributed by atoms with Gasteiger partial charge in [-0.25, -0.2) is 4.98 Å². The fourth-order valence-electron chi connectivity index (χ4n) is 1.66. The molecule has 0 fully saturated rings. The second-order valence-corrected chi connectivity index (χ2v) is 4.59. The topological polar surface area (TPSA) is 24.9 Å². The molecule has 0 saturated carbocycles. The van der Waals surface area contributed by atoms with Crippen molar-refractivity contribution in [2.75, 3.05) is 6.54 Å². The average molecular weight is 232 g/mol. The molecule has 0 aliphatic rings. The lowest BCUT2D eigenvalue weighted by atomic mass is 10.1. The van der Waals surface area contributed by atoms with E-state index in [1.54, 1.807) is 11.3 Å². The Morgan fingerprint density at radius 3 is 2.75 bits per heavy atom. The van der Waals surface area contributed by atoms with E-state index in [0.29, 0.717) is 0 Å². The van der Waals surface area contributed by atoms with E-state index in [1.165, 1.54) is 5.56 Å². The van der Waals surface area contributed by atoms with Gasteiger partial charge >= 0.3 is 0 Å². The van der Waals surface area contributed by atoms with Crippen molar-refractivity contribution in [1.29, 1.82) is 0 Å². The summed E-state index contributed by atoms with van der Waals surface area (Å²) in [6, 6.07) is 10.7. The van der Waals surface area contributed by atoms with Crippen molar-refractivity contribution in [3.63, 3.8) is 0 Å². The summed E-state index contributed by atoms with van der Waals surface area (Å²) >= 11 is 1.70. The zero-order valence-electron chi connectivity index (χ0n) is 9.39. The van der Waals surface area contributed by atoms with Gasteiger partial charge in [-0.15, -0.1) is 11.3 Å². The number of thiazole rings is 1. The molecule has 0 bridgehead atoms. The Morgan fingerprint density at radius 2 is 2.12 bits per heavy atom. The van der Waals surface area contributed by atoms with Crippen LogP contribution in [-0.4, -0.2) is 11.5 Å². The van der Waals surface area contributed by atoms with Crippen LogP contribution in [0.3, 0.4) is 0 Å². The van der Waals surface area contributed by atoms with E-state index in [4.69, 9.17) is 0 Å². The van der Waals surface area contributed by atoms with Crippen molar-refractivity contribution >= 4 is 11.3 Å². The molecule has 1 heterocycles. The molecule has 0 saturated heterocycles. The third kappa shape index (κ3) is 2.68. The molecule has 0 aliphatic heterocycles. The van der Waals surface area contributed by atoms with E-state index in [-0.39, 0.29) is 6.04 Å². The predicted octanol–water partition coefficient (Wildman–Crippen LogP) is 3.23. The van der Waals surface area contributed by atoms with Gasteiger partial charge in [0.15, 0.2) is 0 Å². The molecular weight excluding hydrogens is 216 g/mol. The minimum Gasteiger partial charge on any atom is -0.304 e. The fourth-order valence-corrected chi connectivity index (χ4v) is 2.40. The lowest BCUT2D eigenvalue weighted by Crippen LogP contribution is -2.22. The van der Waals surface area contributed by atoms with Crippen LogP contribution in [0.1, 0.15) is 30.0 Å². The van der Waals surface area contributed by atoms with Gasteiger partial charge in [-0.1, -0.05) is 37.3 Å². The standard InChI is InChI=1S/C13H16N2S/c1-2-8-14-12(13-15-9-10-16-13)11-6-4-3-5-7-11/h3-7,9-10,12,14H,2,8H2,1H3. The summed E-state index contributed by atoms with van der Waals surface area (Å²) in [6.07, 6.45) is 3.00. The largest absolute Gasteiger partial charge is 0.304 e. The molecule has 1 unspecified atom stereocenters. The molecule has 1 atom stereocenters. The monoisotopic (exact) mass is 232 g/mol. The van der Waals surface area contributed by atoms with Crippen molar-refractivity contribution in [3.05, 3.63) is 52.5 Å². The van der Waals surface area contributed by atoms with Crippen molar-refractivity contribution in [3.8, 4) is 0 Å². The van der Waals surface area contributed by atoms with Gasteiger partial charge in [0, 0.05) is 11.6 Å². The van der Waals surface area contributed by atoms with E-state index in [2.05, 4.69) is 41.5 Å². The first-order chi connectivity index (χ1) is 7.92. The smallest absolute Gasteiger partial charge is 0.114 e. The molecule has 1 aromatic carbocycles. The van der Waals surface area contributed by atoms with Gasteiger partial charge in [0.2, 0.25) is 0 Å². The quantitative estimate of drug-likeness (QED) is 0.856. The number of nitrogens with one attached hydrogen (secondary N) is 1. The molecule has 2 rings (SSSR count). The van der Waals surface area contributed by atoms with Crippen LogP contribution >= 0.6 is 11.3 Å². The SMILES string of the molecule is CCCNC(c1ccccc1)c1nccs1. The van der Waals surface area contributed by atoms with E-state index in [9.17, 15) is 0 Å². The minimum atomic E-state index is 0.237. The van der Waals surface area contributed by atoms with Gasteiger partial charge in [0.25, 0.3) is 0 Å². The summed E-state index contributed by atoms with van der Waals surface area (Å²) in [5.41, 5.74) is 1.28. The van der Waals surface area contributed by atoms with Gasteiger partial charge in [-0.2, -0.15) is 0 Å². The summed E-state index contributed by atoms with van der Waals surface area (Å²) in [5.74, 6) is 0. The third-order valence-electron chi connectivity index (χ3n) is 2.43. The van der Waals surface area contributed by atoms with Crippen LogP contribution in [0.2, 0.25) is 0 Å². The molecule has 2 aromatic rings. The van der Waals surface area contributed by atoms with Crippen LogP contribution in [0.15, 0.2) is 41.9 Å². The fraction of sp³-hybridized carbons (Fsp3) is 0.308. The van der Waals surface area contributed by atoms with Crippen LogP contribution in [-0.2, 0) is 0 Å². The molecule has 2 nitrogen and oxygen atoms in total. The molecule has 0 amide bonds. The number of hydrogen-bond acceptors (Lipinski definition) is 3. The Kier molecular flexibility index (Phi) is 4.08. The van der Waals surface area contributed by atoms with Gasteiger partial charge < -0.3 is 5.32 Å². The molecule has 16 heavy (non-hydrogen) atoms. The van der Waals surface area contributed by atoms with E-state index >= 15 is 0 Å². The van der Waals surface area contributed by atoms with E-state index < -0.39 is 0 Å². The maximum atomic E-state index is 4.40. The Balaban J connectivity index is 2.21. The van der Waals surface area contributed by atoms with Crippen molar-refractivity contribution in [1.82, 2.24) is 10.3 Å². The van der Waals surface area contributed by atoms with Gasteiger partial charge in [0.1, 0.15) is 5.01 Å². The third-order valence-corrected chi connectivity index (χ3v) is 3.27. The van der Waals surface area contributed by atoms with Gasteiger partial charge in [-0.3, -0.25) is 0 Å². The highest BCUT2D eigenvalue weighted by Gasteiger charge is 2.14. The second-order valence-electron chi connectivity index (χ2n) is 3.67. The van der Waals surface area contributed by atoms with E-state index in [1.807, 2.05) is 17.6 Å². The lowest BCUT2D eigenvalue weighted by molar-refractivity contribution is 0.596. The second kappa shape index (κ2) is 5.77. The Labute approximate surface area is 100 Å². The van der Waals surface area contributed by atoms with Crippen LogP contribution in [0.5, 0.6) is 0 Å². The summed E-state index contributed by atoms with van der Waals surface area (Å²) in [4.78, 5) is 4.40. The maximum Gasteiger partial charge on any atom is 0.114 e. The first kappa shape index (κ1) is 11.3. The van der Waals surface area contributed by atoms with Crippen molar-refractivity contribution in [2.24, 2.45) is 0 Å². The molecule has 0 aliphatic carbocycles. The zero-order chi connectivity index (χ0) is 11.2. The molecule has 1 N–H and O–H groups in total. The first-order valence-electron chi connectivity index (χ1n) is 5.59. The molecule has 3 heteroatoms. The number of aromatic nitrogens is 1. The van der Waals surface area contributed by atoms with Crippen molar-refractivity contribution in [2.45, 2.75) is 19.4 Å². The van der Waals surface area contributed by atoms with Crippen molar-refractivity contribution < 1.29 is 0 Å². The molecule has 0 radical (unpaired) electrons. The molecule has 84 valence electrons. The summed E-state index contributed by atoms with van der Waals surface area (Å²) < 4.78 is 0. The summed E-state index contributed by atoms with van der Waals surface area (Å²) in [5, 5.41) is 6.70. The van der Waals surface area contributed by atoms with E-state index in [0.717, 1.165) is 18.0 Å².